The van der Waals surface area contributed by atoms with Gasteiger partial charge in [-0.15, -0.1) is 0 Å². The van der Waals surface area contributed by atoms with Crippen molar-refractivity contribution in [1.82, 2.24) is 0 Å². The molecule has 2 nitrogen and oxygen atoms in total. The third kappa shape index (κ3) is 3.46. The molecule has 0 radical (unpaired) electrons. The fourth-order valence-electron chi connectivity index (χ4n) is 1.75. The van der Waals surface area contributed by atoms with Crippen molar-refractivity contribution in [2.75, 3.05) is 23.7 Å². The maximum atomic E-state index is 5.98. The molecule has 0 aromatic heterocycles. The van der Waals surface area contributed by atoms with Gasteiger partial charge in [-0.2, -0.15) is 0 Å². The first-order chi connectivity index (χ1) is 7.29. The highest BCUT2D eigenvalue weighted by Gasteiger charge is 2.07. The van der Waals surface area contributed by atoms with E-state index in [1.54, 1.807) is 0 Å². The number of rotatable bonds is 6. The van der Waals surface area contributed by atoms with Gasteiger partial charge in [0.15, 0.2) is 0 Å². The van der Waals surface area contributed by atoms with Crippen molar-refractivity contribution in [1.29, 1.82) is 0 Å². The van der Waals surface area contributed by atoms with E-state index < -0.39 is 0 Å². The Morgan fingerprint density at radius 2 is 1.80 bits per heavy atom. The first-order valence-electron chi connectivity index (χ1n) is 5.89. The lowest BCUT2D eigenvalue weighted by molar-refractivity contribution is 0.705. The van der Waals surface area contributed by atoms with Crippen LogP contribution in [0.2, 0.25) is 0 Å². The van der Waals surface area contributed by atoms with Gasteiger partial charge in [-0.3, -0.25) is 0 Å². The van der Waals surface area contributed by atoms with Gasteiger partial charge in [0.05, 0.1) is 11.4 Å². The van der Waals surface area contributed by atoms with Crippen LogP contribution >= 0.6 is 0 Å². The average Bonchev–Trinajstić information content (AvgIpc) is 2.25. The molecule has 0 saturated carbocycles. The van der Waals surface area contributed by atoms with E-state index in [9.17, 15) is 0 Å². The lowest BCUT2D eigenvalue weighted by Crippen LogP contribution is -2.26. The maximum absolute atomic E-state index is 5.98. The molecule has 0 aliphatic rings. The highest BCUT2D eigenvalue weighted by Crippen LogP contribution is 2.22. The first-order valence-corrected chi connectivity index (χ1v) is 5.89. The fourth-order valence-corrected chi connectivity index (χ4v) is 1.75. The monoisotopic (exact) mass is 206 g/mol. The molecule has 0 aliphatic heterocycles. The molecule has 0 fully saturated rings. The Kier molecular flexibility index (Phi) is 5.02. The Morgan fingerprint density at radius 1 is 1.07 bits per heavy atom. The predicted octanol–water partition coefficient (Wildman–Crippen LogP) is 3.29. The van der Waals surface area contributed by atoms with E-state index in [2.05, 4.69) is 30.9 Å². The average molecular weight is 206 g/mol. The van der Waals surface area contributed by atoms with Crippen LogP contribution in [0.5, 0.6) is 0 Å². The Hall–Kier alpha value is -1.18. The van der Waals surface area contributed by atoms with Crippen LogP contribution in [0.25, 0.3) is 0 Å². The maximum Gasteiger partial charge on any atom is 0.0599 e. The van der Waals surface area contributed by atoms with Crippen LogP contribution in [0.3, 0.4) is 0 Å². The quantitative estimate of drug-likeness (QED) is 0.724. The molecule has 0 bridgehead atoms. The summed E-state index contributed by atoms with van der Waals surface area (Å²) >= 11 is 0. The molecule has 15 heavy (non-hydrogen) atoms. The predicted molar refractivity (Wildman–Crippen MR) is 68.3 cm³/mol. The minimum atomic E-state index is 0.891. The number of benzene rings is 1. The minimum absolute atomic E-state index is 0.891. The first kappa shape index (κ1) is 11.9. The Balaban J connectivity index is 2.74. The van der Waals surface area contributed by atoms with Crippen molar-refractivity contribution in [3.63, 3.8) is 0 Å². The molecule has 1 aromatic rings. The molecule has 0 atom stereocenters. The minimum Gasteiger partial charge on any atom is -0.397 e. The van der Waals surface area contributed by atoms with E-state index in [1.807, 2.05) is 12.1 Å². The van der Waals surface area contributed by atoms with Gasteiger partial charge >= 0.3 is 0 Å². The van der Waals surface area contributed by atoms with Gasteiger partial charge in [-0.1, -0.05) is 32.4 Å². The number of nitrogens with two attached hydrogens (primary N) is 1. The van der Waals surface area contributed by atoms with Gasteiger partial charge in [-0.25, -0.2) is 0 Å². The smallest absolute Gasteiger partial charge is 0.0599 e. The zero-order valence-electron chi connectivity index (χ0n) is 9.87. The summed E-state index contributed by atoms with van der Waals surface area (Å²) in [6.07, 6.45) is 3.62. The molecule has 1 rings (SSSR count). The summed E-state index contributed by atoms with van der Waals surface area (Å²) in [6, 6.07) is 8.13. The molecule has 0 spiro atoms. The van der Waals surface area contributed by atoms with Gasteiger partial charge < -0.3 is 10.6 Å². The second kappa shape index (κ2) is 6.33. The van der Waals surface area contributed by atoms with Crippen molar-refractivity contribution < 1.29 is 0 Å². The molecule has 2 N–H and O–H groups in total. The highest BCUT2D eigenvalue weighted by atomic mass is 15.1. The van der Waals surface area contributed by atoms with E-state index in [1.165, 1.54) is 18.5 Å². The van der Waals surface area contributed by atoms with Crippen molar-refractivity contribution in [3.05, 3.63) is 24.3 Å². The lowest BCUT2D eigenvalue weighted by Gasteiger charge is -2.25. The van der Waals surface area contributed by atoms with Crippen molar-refractivity contribution in [3.8, 4) is 0 Å². The third-order valence-electron chi connectivity index (χ3n) is 2.55. The van der Waals surface area contributed by atoms with Gasteiger partial charge in [0.25, 0.3) is 0 Å². The summed E-state index contributed by atoms with van der Waals surface area (Å²) in [7, 11) is 0. The van der Waals surface area contributed by atoms with Gasteiger partial charge in [0.2, 0.25) is 0 Å². The highest BCUT2D eigenvalue weighted by molar-refractivity contribution is 5.67. The van der Waals surface area contributed by atoms with E-state index in [-0.39, 0.29) is 0 Å². The molecule has 0 saturated heterocycles. The second-order valence-electron chi connectivity index (χ2n) is 3.90. The zero-order chi connectivity index (χ0) is 11.1. The lowest BCUT2D eigenvalue weighted by atomic mass is 10.2. The zero-order valence-corrected chi connectivity index (χ0v) is 9.87. The summed E-state index contributed by atoms with van der Waals surface area (Å²) in [4.78, 5) is 2.39. The number of hydrogen-bond donors (Lipinski definition) is 1. The Labute approximate surface area is 93.1 Å². The van der Waals surface area contributed by atoms with E-state index in [0.29, 0.717) is 0 Å². The molecule has 0 amide bonds. The summed E-state index contributed by atoms with van der Waals surface area (Å²) in [5.41, 5.74) is 8.06. The number of nitrogens with zero attached hydrogens (tertiary/aromatic N) is 1. The van der Waals surface area contributed by atoms with Crippen LogP contribution in [0.4, 0.5) is 11.4 Å². The molecular formula is C13H22N2. The van der Waals surface area contributed by atoms with Crippen molar-refractivity contribution in [2.24, 2.45) is 0 Å². The summed E-state index contributed by atoms with van der Waals surface area (Å²) < 4.78 is 0. The SMILES string of the molecule is CCCCN(CCC)c1ccccc1N. The number of nitrogen functional groups attached to an aromatic ring is 1. The topological polar surface area (TPSA) is 29.3 Å². The largest absolute Gasteiger partial charge is 0.397 e. The molecule has 0 heterocycles. The van der Waals surface area contributed by atoms with E-state index >= 15 is 0 Å². The standard InChI is InChI=1S/C13H22N2/c1-3-5-11-15(10-4-2)13-9-7-6-8-12(13)14/h6-9H,3-5,10-11,14H2,1-2H3. The van der Waals surface area contributed by atoms with Gasteiger partial charge in [0.1, 0.15) is 0 Å². The van der Waals surface area contributed by atoms with E-state index in [4.69, 9.17) is 5.73 Å². The summed E-state index contributed by atoms with van der Waals surface area (Å²) in [6.45, 7) is 6.63. The second-order valence-corrected chi connectivity index (χ2v) is 3.90. The van der Waals surface area contributed by atoms with E-state index in [0.717, 1.165) is 25.2 Å². The van der Waals surface area contributed by atoms with Crippen LogP contribution < -0.4 is 10.6 Å². The molecular weight excluding hydrogens is 184 g/mol. The number of para-hydroxylation sites is 2. The van der Waals surface area contributed by atoms with Crippen molar-refractivity contribution >= 4 is 11.4 Å². The number of hydrogen-bond acceptors (Lipinski definition) is 2. The fraction of sp³-hybridized carbons (Fsp3) is 0.538. The van der Waals surface area contributed by atoms with Crippen LogP contribution in [-0.2, 0) is 0 Å². The van der Waals surface area contributed by atoms with Gasteiger partial charge in [0, 0.05) is 13.1 Å². The van der Waals surface area contributed by atoms with Crippen LogP contribution in [0, 0.1) is 0 Å². The Bertz CT molecular complexity index is 284. The molecule has 0 unspecified atom stereocenters. The molecule has 0 aliphatic carbocycles. The molecule has 1 aromatic carbocycles. The third-order valence-corrected chi connectivity index (χ3v) is 2.55. The van der Waals surface area contributed by atoms with Crippen LogP contribution in [0.1, 0.15) is 33.1 Å². The normalized spacial score (nSPS) is 10.3. The van der Waals surface area contributed by atoms with Crippen LogP contribution in [-0.4, -0.2) is 13.1 Å². The molecule has 2 heteroatoms. The summed E-state index contributed by atoms with van der Waals surface area (Å²) in [5.74, 6) is 0. The number of unbranched alkanes of at least 4 members (excludes halogenated alkanes) is 1. The summed E-state index contributed by atoms with van der Waals surface area (Å²) in [5, 5.41) is 0. The number of anilines is 2. The van der Waals surface area contributed by atoms with Crippen molar-refractivity contribution in [2.45, 2.75) is 33.1 Å². The Morgan fingerprint density at radius 3 is 2.40 bits per heavy atom. The van der Waals surface area contributed by atoms with Crippen LogP contribution in [0.15, 0.2) is 24.3 Å². The van der Waals surface area contributed by atoms with Gasteiger partial charge in [-0.05, 0) is 25.0 Å². The molecule has 84 valence electrons.